The molecule has 0 aromatic carbocycles. The molecule has 0 aliphatic carbocycles. The molecule has 0 aromatic heterocycles. The van der Waals surface area contributed by atoms with Crippen LogP contribution in [0.15, 0.2) is 36.5 Å². The number of amides is 1. The maximum atomic E-state index is 12.6. The van der Waals surface area contributed by atoms with Gasteiger partial charge in [0, 0.05) is 12.8 Å². The fourth-order valence-corrected chi connectivity index (χ4v) is 13.3. The fraction of sp³-hybridized carbons (Fsp3) is 0.906. The van der Waals surface area contributed by atoms with Crippen LogP contribution in [0.3, 0.4) is 0 Å². The number of hydrogen-bond donors (Lipinski definition) is 3. The second kappa shape index (κ2) is 80.5. The van der Waals surface area contributed by atoms with Gasteiger partial charge in [-0.1, -0.05) is 410 Å². The summed E-state index contributed by atoms with van der Waals surface area (Å²) in [5, 5.41) is 23.3. The Balaban J connectivity index is 3.36. The minimum Gasteiger partial charge on any atom is -0.466 e. The van der Waals surface area contributed by atoms with Crippen molar-refractivity contribution in [1.82, 2.24) is 5.32 Å². The Morgan fingerprint density at radius 2 is 0.516 bits per heavy atom. The number of carbonyl (C=O) groups is 2. The van der Waals surface area contributed by atoms with E-state index in [0.29, 0.717) is 19.4 Å². The molecule has 0 saturated heterocycles. The summed E-state index contributed by atoms with van der Waals surface area (Å²) in [7, 11) is 0. The molecule has 0 radical (unpaired) electrons. The zero-order chi connectivity index (χ0) is 65.6. The van der Waals surface area contributed by atoms with Crippen LogP contribution in [0.5, 0.6) is 0 Å². The Morgan fingerprint density at radius 1 is 0.297 bits per heavy atom. The molecule has 91 heavy (non-hydrogen) atoms. The molecule has 0 heterocycles. The normalized spacial score (nSPS) is 12.6. The number of ether oxygens (including phenoxy) is 1. The summed E-state index contributed by atoms with van der Waals surface area (Å²) < 4.78 is 5.50. The molecule has 0 fully saturated rings. The second-order valence-corrected chi connectivity index (χ2v) is 28.8. The number of rotatable bonds is 79. The molecule has 0 spiro atoms. The molecule has 538 valence electrons. The molecule has 0 saturated carbocycles. The summed E-state index contributed by atoms with van der Waals surface area (Å²) in [4.78, 5) is 24.7. The highest BCUT2D eigenvalue weighted by Gasteiger charge is 2.18. The van der Waals surface area contributed by atoms with E-state index < -0.39 is 12.1 Å². The van der Waals surface area contributed by atoms with Crippen LogP contribution in [0.2, 0.25) is 0 Å². The van der Waals surface area contributed by atoms with Crippen molar-refractivity contribution in [2.45, 2.75) is 482 Å². The van der Waals surface area contributed by atoms with Crippen molar-refractivity contribution >= 4 is 11.9 Å². The molecular formula is C85H163NO5. The summed E-state index contributed by atoms with van der Waals surface area (Å²) in [6, 6.07) is -0.627. The summed E-state index contributed by atoms with van der Waals surface area (Å²) >= 11 is 0. The lowest BCUT2D eigenvalue weighted by molar-refractivity contribution is -0.143. The average molecular weight is 1280 g/mol. The first-order valence-electron chi connectivity index (χ1n) is 41.8. The molecule has 3 N–H and O–H groups in total. The largest absolute Gasteiger partial charge is 0.466 e. The second-order valence-electron chi connectivity index (χ2n) is 28.8. The number of unbranched alkanes of at least 4 members (excludes halogenated alkanes) is 64. The number of carbonyl (C=O) groups excluding carboxylic acids is 2. The van der Waals surface area contributed by atoms with Crippen LogP contribution in [-0.4, -0.2) is 47.4 Å². The van der Waals surface area contributed by atoms with Crippen LogP contribution in [0.4, 0.5) is 0 Å². The van der Waals surface area contributed by atoms with Gasteiger partial charge >= 0.3 is 5.97 Å². The molecule has 0 bridgehead atoms. The topological polar surface area (TPSA) is 95.9 Å². The van der Waals surface area contributed by atoms with Gasteiger partial charge in [0.2, 0.25) is 5.91 Å². The van der Waals surface area contributed by atoms with E-state index in [1.807, 2.05) is 6.08 Å². The van der Waals surface area contributed by atoms with E-state index >= 15 is 0 Å². The van der Waals surface area contributed by atoms with Crippen LogP contribution in [0, 0.1) is 0 Å². The molecule has 0 aliphatic rings. The minimum atomic E-state index is -0.844. The molecule has 0 aliphatic heterocycles. The van der Waals surface area contributed by atoms with Crippen LogP contribution in [0.25, 0.3) is 0 Å². The van der Waals surface area contributed by atoms with E-state index in [9.17, 15) is 19.8 Å². The van der Waals surface area contributed by atoms with E-state index in [-0.39, 0.29) is 18.5 Å². The monoisotopic (exact) mass is 1280 g/mol. The zero-order valence-corrected chi connectivity index (χ0v) is 61.9. The average Bonchev–Trinajstić information content (AvgIpc) is 3.75. The third-order valence-corrected chi connectivity index (χ3v) is 19.6. The summed E-state index contributed by atoms with van der Waals surface area (Å²) in [6.07, 6.45) is 106. The van der Waals surface area contributed by atoms with Crippen molar-refractivity contribution in [3.8, 4) is 0 Å². The zero-order valence-electron chi connectivity index (χ0n) is 61.9. The van der Waals surface area contributed by atoms with Gasteiger partial charge in [0.25, 0.3) is 0 Å². The third-order valence-electron chi connectivity index (χ3n) is 19.6. The maximum Gasteiger partial charge on any atom is 0.305 e. The molecular weight excluding hydrogens is 1110 g/mol. The highest BCUT2D eigenvalue weighted by molar-refractivity contribution is 5.76. The SMILES string of the molecule is CCCCCCCCC/C=C\CCCCCCCC(=O)OCCCCCCCCCCCCCCCC/C=C\CCCCCCCCCCCCCCCCCCCC(=O)NC(CO)C(O)/C=C/CCCCCCCCCCCCCCCCCCCCCCC. The van der Waals surface area contributed by atoms with Gasteiger partial charge in [0.15, 0.2) is 0 Å². The summed E-state index contributed by atoms with van der Waals surface area (Å²) in [5.41, 5.74) is 0. The van der Waals surface area contributed by atoms with E-state index in [2.05, 4.69) is 43.5 Å². The van der Waals surface area contributed by atoms with Crippen molar-refractivity contribution in [2.75, 3.05) is 13.2 Å². The van der Waals surface area contributed by atoms with Crippen molar-refractivity contribution in [2.24, 2.45) is 0 Å². The van der Waals surface area contributed by atoms with Crippen molar-refractivity contribution in [1.29, 1.82) is 0 Å². The first kappa shape index (κ1) is 89.1. The summed E-state index contributed by atoms with van der Waals surface area (Å²) in [6.45, 7) is 4.95. The quantitative estimate of drug-likeness (QED) is 0.0320. The van der Waals surface area contributed by atoms with Crippen molar-refractivity contribution in [3.63, 3.8) is 0 Å². The number of esters is 1. The summed E-state index contributed by atoms with van der Waals surface area (Å²) in [5.74, 6) is -0.0459. The predicted octanol–water partition coefficient (Wildman–Crippen LogP) is 27.8. The lowest BCUT2D eigenvalue weighted by atomic mass is 10.0. The van der Waals surface area contributed by atoms with Gasteiger partial charge in [-0.2, -0.15) is 0 Å². The molecule has 2 unspecified atom stereocenters. The third kappa shape index (κ3) is 77.0. The molecule has 2 atom stereocenters. The number of nitrogens with one attached hydrogen (secondary N) is 1. The molecule has 6 heteroatoms. The van der Waals surface area contributed by atoms with Gasteiger partial charge in [-0.25, -0.2) is 0 Å². The maximum absolute atomic E-state index is 12.6. The van der Waals surface area contributed by atoms with Crippen molar-refractivity contribution in [3.05, 3.63) is 36.5 Å². The lowest BCUT2D eigenvalue weighted by Crippen LogP contribution is -2.45. The Morgan fingerprint density at radius 3 is 0.780 bits per heavy atom. The Hall–Kier alpha value is -1.92. The Labute approximate surface area is 570 Å². The Kier molecular flexibility index (Phi) is 78.8. The van der Waals surface area contributed by atoms with Gasteiger partial charge in [-0.05, 0) is 83.5 Å². The lowest BCUT2D eigenvalue weighted by Gasteiger charge is -2.20. The van der Waals surface area contributed by atoms with Gasteiger partial charge in [-0.15, -0.1) is 0 Å². The van der Waals surface area contributed by atoms with Gasteiger partial charge in [0.1, 0.15) is 0 Å². The van der Waals surface area contributed by atoms with E-state index in [1.165, 1.54) is 398 Å². The number of hydrogen-bond acceptors (Lipinski definition) is 5. The smallest absolute Gasteiger partial charge is 0.305 e. The number of allylic oxidation sites excluding steroid dienone is 5. The molecule has 0 rings (SSSR count). The fourth-order valence-electron chi connectivity index (χ4n) is 13.3. The van der Waals surface area contributed by atoms with Crippen LogP contribution < -0.4 is 5.32 Å². The van der Waals surface area contributed by atoms with E-state index in [4.69, 9.17) is 4.74 Å². The van der Waals surface area contributed by atoms with Crippen molar-refractivity contribution < 1.29 is 24.5 Å². The van der Waals surface area contributed by atoms with Crippen LogP contribution in [0.1, 0.15) is 470 Å². The molecule has 0 aromatic rings. The standard InChI is InChI=1S/C85H163NO5/c1-3-5-7-9-11-13-15-17-19-21-22-23-37-40-43-46-49-53-57-61-65-69-73-77-83(88)82(81-87)86-84(89)78-74-70-66-62-58-54-50-47-44-41-38-35-33-31-29-27-25-24-26-28-30-32-34-36-39-42-45-48-52-56-60-64-68-72-76-80-91-85(90)79-75-71-67-63-59-55-51-20-18-16-14-12-10-8-6-4-2/h20,26,28,51,73,77,82-83,87-88H,3-19,21-25,27,29-50,52-72,74-76,78-81H2,1-2H3,(H,86,89)/b28-26-,51-20-,77-73+. The molecule has 6 nitrogen and oxygen atoms in total. The van der Waals surface area contributed by atoms with E-state index in [1.54, 1.807) is 6.08 Å². The number of aliphatic hydroxyl groups excluding tert-OH is 2. The first-order valence-corrected chi connectivity index (χ1v) is 41.8. The van der Waals surface area contributed by atoms with Gasteiger partial charge < -0.3 is 20.3 Å². The highest BCUT2D eigenvalue weighted by Crippen LogP contribution is 2.20. The van der Waals surface area contributed by atoms with Crippen LogP contribution >= 0.6 is 0 Å². The highest BCUT2D eigenvalue weighted by atomic mass is 16.5. The first-order chi connectivity index (χ1) is 45.0. The van der Waals surface area contributed by atoms with E-state index in [0.717, 1.165) is 44.9 Å². The van der Waals surface area contributed by atoms with Gasteiger partial charge in [0.05, 0.1) is 25.4 Å². The predicted molar refractivity (Wildman–Crippen MR) is 403 cm³/mol. The Bertz CT molecular complexity index is 1470. The van der Waals surface area contributed by atoms with Gasteiger partial charge in [-0.3, -0.25) is 9.59 Å². The van der Waals surface area contributed by atoms with Crippen LogP contribution in [-0.2, 0) is 14.3 Å². The molecule has 1 amide bonds. The number of aliphatic hydroxyl groups is 2. The minimum absolute atomic E-state index is 0.0135.